The first-order valence-corrected chi connectivity index (χ1v) is 9.08. The van der Waals surface area contributed by atoms with Crippen molar-refractivity contribution < 1.29 is 29.0 Å². The first kappa shape index (κ1) is 19.8. The normalized spacial score (nSPS) is 18.9. The number of amides is 2. The zero-order valence-corrected chi connectivity index (χ0v) is 16.5. The highest BCUT2D eigenvalue weighted by Gasteiger charge is 2.40. The molecule has 152 valence electrons. The van der Waals surface area contributed by atoms with E-state index in [4.69, 9.17) is 9.47 Å². The number of nitrogens with zero attached hydrogens (tertiary/aromatic N) is 3. The van der Waals surface area contributed by atoms with E-state index in [2.05, 4.69) is 4.90 Å². The number of anilines is 2. The zero-order chi connectivity index (χ0) is 20.6. The minimum Gasteiger partial charge on any atom is -0.465 e. The van der Waals surface area contributed by atoms with Crippen LogP contribution in [0.4, 0.5) is 21.0 Å². The highest BCUT2D eigenvalue weighted by molar-refractivity contribution is 5.98. The Morgan fingerprint density at radius 2 is 1.82 bits per heavy atom. The SMILES string of the molecule is COC(=O)c1ccc2c(c1)N(C(=O)OC(C)(C)C)CC1CN(C(=O)O)CCN21. The van der Waals surface area contributed by atoms with Crippen LogP contribution in [-0.4, -0.2) is 73.1 Å². The van der Waals surface area contributed by atoms with Crippen molar-refractivity contribution in [2.24, 2.45) is 0 Å². The third-order valence-electron chi connectivity index (χ3n) is 4.76. The molecule has 1 unspecified atom stereocenters. The molecule has 0 spiro atoms. The van der Waals surface area contributed by atoms with Gasteiger partial charge >= 0.3 is 18.2 Å². The molecule has 9 heteroatoms. The Morgan fingerprint density at radius 1 is 1.11 bits per heavy atom. The molecule has 0 radical (unpaired) electrons. The number of piperazine rings is 1. The number of hydrogen-bond acceptors (Lipinski definition) is 6. The number of carbonyl (C=O) groups is 3. The average molecular weight is 391 g/mol. The van der Waals surface area contributed by atoms with Crippen LogP contribution < -0.4 is 9.80 Å². The quantitative estimate of drug-likeness (QED) is 0.734. The fourth-order valence-electron chi connectivity index (χ4n) is 3.53. The molecular formula is C19H25N3O6. The third kappa shape index (κ3) is 3.83. The Labute approximate surface area is 163 Å². The summed E-state index contributed by atoms with van der Waals surface area (Å²) in [6.07, 6.45) is -1.52. The van der Waals surface area contributed by atoms with Gasteiger partial charge in [-0.2, -0.15) is 0 Å². The number of fused-ring (bicyclic) bond motifs is 3. The first-order valence-electron chi connectivity index (χ1n) is 9.08. The van der Waals surface area contributed by atoms with E-state index in [1.807, 2.05) is 0 Å². The van der Waals surface area contributed by atoms with Crippen LogP contribution in [0.25, 0.3) is 0 Å². The number of benzene rings is 1. The molecule has 1 saturated heterocycles. The topological polar surface area (TPSA) is 99.6 Å². The molecule has 3 rings (SSSR count). The number of methoxy groups -OCH3 is 1. The van der Waals surface area contributed by atoms with E-state index in [0.717, 1.165) is 5.69 Å². The second kappa shape index (κ2) is 7.21. The summed E-state index contributed by atoms with van der Waals surface area (Å²) >= 11 is 0. The van der Waals surface area contributed by atoms with Crippen LogP contribution in [0.15, 0.2) is 18.2 Å². The Balaban J connectivity index is 2.00. The molecule has 2 aliphatic rings. The van der Waals surface area contributed by atoms with Crippen molar-refractivity contribution in [3.63, 3.8) is 0 Å². The summed E-state index contributed by atoms with van der Waals surface area (Å²) in [6.45, 7) is 6.75. The summed E-state index contributed by atoms with van der Waals surface area (Å²) < 4.78 is 10.3. The van der Waals surface area contributed by atoms with Gasteiger partial charge in [0.15, 0.2) is 0 Å². The highest BCUT2D eigenvalue weighted by atomic mass is 16.6. The van der Waals surface area contributed by atoms with Crippen LogP contribution in [0.1, 0.15) is 31.1 Å². The van der Waals surface area contributed by atoms with Crippen molar-refractivity contribution in [2.75, 3.05) is 43.1 Å². The second-order valence-electron chi connectivity index (χ2n) is 7.86. The highest BCUT2D eigenvalue weighted by Crippen LogP contribution is 2.38. The van der Waals surface area contributed by atoms with Gasteiger partial charge in [0.25, 0.3) is 0 Å². The second-order valence-corrected chi connectivity index (χ2v) is 7.86. The molecule has 0 aliphatic carbocycles. The van der Waals surface area contributed by atoms with Gasteiger partial charge < -0.3 is 24.4 Å². The van der Waals surface area contributed by atoms with Gasteiger partial charge in [-0.1, -0.05) is 0 Å². The van der Waals surface area contributed by atoms with E-state index < -0.39 is 23.8 Å². The maximum Gasteiger partial charge on any atom is 0.414 e. The Bertz CT molecular complexity index is 803. The van der Waals surface area contributed by atoms with Gasteiger partial charge in [-0.3, -0.25) is 4.90 Å². The van der Waals surface area contributed by atoms with Crippen molar-refractivity contribution in [1.29, 1.82) is 0 Å². The summed E-state index contributed by atoms with van der Waals surface area (Å²) in [4.78, 5) is 41.1. The van der Waals surface area contributed by atoms with Crippen molar-refractivity contribution in [3.8, 4) is 0 Å². The lowest BCUT2D eigenvalue weighted by Gasteiger charge is -2.48. The molecule has 9 nitrogen and oxygen atoms in total. The fourth-order valence-corrected chi connectivity index (χ4v) is 3.53. The molecule has 1 atom stereocenters. The van der Waals surface area contributed by atoms with Crippen LogP contribution in [0, 0.1) is 0 Å². The van der Waals surface area contributed by atoms with Crippen molar-refractivity contribution >= 4 is 29.5 Å². The van der Waals surface area contributed by atoms with Crippen LogP contribution in [-0.2, 0) is 9.47 Å². The lowest BCUT2D eigenvalue weighted by Crippen LogP contribution is -2.61. The first-order chi connectivity index (χ1) is 13.1. The Hall–Kier alpha value is -2.97. The van der Waals surface area contributed by atoms with Gasteiger partial charge in [0, 0.05) is 19.6 Å². The number of carboxylic acid groups (broad SMARTS) is 1. The maximum atomic E-state index is 12.9. The van der Waals surface area contributed by atoms with E-state index in [1.54, 1.807) is 39.0 Å². The largest absolute Gasteiger partial charge is 0.465 e. The Morgan fingerprint density at radius 3 is 2.43 bits per heavy atom. The molecule has 1 fully saturated rings. The van der Waals surface area contributed by atoms with Crippen molar-refractivity contribution in [1.82, 2.24) is 4.90 Å². The molecule has 1 N–H and O–H groups in total. The smallest absolute Gasteiger partial charge is 0.414 e. The molecule has 2 aliphatic heterocycles. The molecule has 28 heavy (non-hydrogen) atoms. The zero-order valence-electron chi connectivity index (χ0n) is 16.5. The molecular weight excluding hydrogens is 366 g/mol. The van der Waals surface area contributed by atoms with Crippen LogP contribution in [0.3, 0.4) is 0 Å². The standard InChI is InChI=1S/C19H25N3O6/c1-19(2,3)28-18(26)22-11-13-10-20(17(24)25)7-8-21(13)14-6-5-12(9-15(14)22)16(23)27-4/h5-6,9,13H,7-8,10-11H2,1-4H3,(H,24,25). The predicted octanol–water partition coefficient (Wildman–Crippen LogP) is 2.40. The summed E-state index contributed by atoms with van der Waals surface area (Å²) in [5, 5.41) is 9.33. The summed E-state index contributed by atoms with van der Waals surface area (Å²) in [5.74, 6) is -0.496. The van der Waals surface area contributed by atoms with Gasteiger partial charge in [-0.25, -0.2) is 14.4 Å². The lowest BCUT2D eigenvalue weighted by atomic mass is 10.0. The average Bonchev–Trinajstić information content (AvgIpc) is 2.64. The molecule has 0 saturated carbocycles. The van der Waals surface area contributed by atoms with E-state index in [0.29, 0.717) is 24.3 Å². The van der Waals surface area contributed by atoms with Gasteiger partial charge in [-0.05, 0) is 39.0 Å². The van der Waals surface area contributed by atoms with Crippen molar-refractivity contribution in [3.05, 3.63) is 23.8 Å². The van der Waals surface area contributed by atoms with Crippen LogP contribution in [0.2, 0.25) is 0 Å². The lowest BCUT2D eigenvalue weighted by molar-refractivity contribution is 0.0566. The summed E-state index contributed by atoms with van der Waals surface area (Å²) in [6, 6.07) is 4.82. The van der Waals surface area contributed by atoms with E-state index in [9.17, 15) is 19.5 Å². The van der Waals surface area contributed by atoms with Crippen LogP contribution in [0.5, 0.6) is 0 Å². The maximum absolute atomic E-state index is 12.9. The summed E-state index contributed by atoms with van der Waals surface area (Å²) in [5.41, 5.74) is 0.961. The number of hydrogen-bond donors (Lipinski definition) is 1. The van der Waals surface area contributed by atoms with Gasteiger partial charge in [0.1, 0.15) is 5.60 Å². The minimum atomic E-state index is -0.977. The number of rotatable bonds is 1. The van der Waals surface area contributed by atoms with E-state index >= 15 is 0 Å². The van der Waals surface area contributed by atoms with Crippen LogP contribution >= 0.6 is 0 Å². The Kier molecular flexibility index (Phi) is 5.10. The predicted molar refractivity (Wildman–Crippen MR) is 102 cm³/mol. The molecule has 0 aromatic heterocycles. The van der Waals surface area contributed by atoms with Gasteiger partial charge in [0.05, 0.1) is 36.6 Å². The summed E-state index contributed by atoms with van der Waals surface area (Å²) in [7, 11) is 1.30. The number of carbonyl (C=O) groups excluding carboxylic acids is 2. The number of ether oxygens (including phenoxy) is 2. The molecule has 2 amide bonds. The molecule has 2 heterocycles. The van der Waals surface area contributed by atoms with Crippen molar-refractivity contribution in [2.45, 2.75) is 32.4 Å². The van der Waals surface area contributed by atoms with E-state index in [-0.39, 0.29) is 19.1 Å². The third-order valence-corrected chi connectivity index (χ3v) is 4.76. The molecule has 1 aromatic carbocycles. The monoisotopic (exact) mass is 391 g/mol. The fraction of sp³-hybridized carbons (Fsp3) is 0.526. The molecule has 1 aromatic rings. The van der Waals surface area contributed by atoms with Gasteiger partial charge in [0.2, 0.25) is 0 Å². The number of esters is 1. The molecule has 0 bridgehead atoms. The van der Waals surface area contributed by atoms with Gasteiger partial charge in [-0.15, -0.1) is 0 Å². The minimum absolute atomic E-state index is 0.200. The van der Waals surface area contributed by atoms with E-state index in [1.165, 1.54) is 16.9 Å².